The van der Waals surface area contributed by atoms with Crippen LogP contribution in [0.1, 0.15) is 0 Å². The van der Waals surface area contributed by atoms with E-state index in [-0.39, 0.29) is 0 Å². The average molecular weight is 201 g/mol. The smallest absolute Gasteiger partial charge is 0.0332 e. The zero-order valence-electron chi connectivity index (χ0n) is 8.66. The molecule has 0 aromatic carbocycles. The first-order valence-electron chi connectivity index (χ1n) is 3.89. The van der Waals surface area contributed by atoms with E-state index >= 15 is 0 Å². The maximum absolute atomic E-state index is 7.00. The van der Waals surface area contributed by atoms with E-state index in [1.54, 1.807) is 18.0 Å². The Hall–Kier alpha value is -0.510. The van der Waals surface area contributed by atoms with Crippen LogP contribution >= 0.6 is 11.9 Å². The molecule has 0 saturated heterocycles. The lowest BCUT2D eigenvalue weighted by Gasteiger charge is -2.07. The topological polar surface area (TPSA) is 23.5 Å². The second-order valence-electron chi connectivity index (χ2n) is 2.27. The van der Waals surface area contributed by atoms with E-state index in [1.807, 2.05) is 26.2 Å². The lowest BCUT2D eigenvalue weighted by atomic mass is 10.3. The van der Waals surface area contributed by atoms with E-state index in [2.05, 4.69) is 17.5 Å². The maximum atomic E-state index is 7.00. The highest BCUT2D eigenvalue weighted by Gasteiger charge is 1.92. The molecule has 13 heavy (non-hydrogen) atoms. The molecule has 0 aromatic heterocycles. The third kappa shape index (κ3) is 11.5. The van der Waals surface area contributed by atoms with Crippen molar-refractivity contribution >= 4 is 11.9 Å². The molecule has 0 aliphatic carbocycles. The second-order valence-corrected chi connectivity index (χ2v) is 3.54. The third-order valence-corrected chi connectivity index (χ3v) is 2.06. The van der Waals surface area contributed by atoms with Crippen LogP contribution in [0.3, 0.4) is 0 Å². The molecule has 0 spiro atoms. The van der Waals surface area contributed by atoms with Crippen LogP contribution in [0.2, 0.25) is 0 Å². The summed E-state index contributed by atoms with van der Waals surface area (Å²) in [6, 6.07) is 0. The van der Waals surface area contributed by atoms with Gasteiger partial charge in [0.1, 0.15) is 0 Å². The Balaban J connectivity index is 0. The van der Waals surface area contributed by atoms with Crippen LogP contribution in [-0.2, 0) is 0 Å². The molecule has 0 fully saturated rings. The molecule has 0 saturated carbocycles. The molecule has 0 rings (SSSR count). The Morgan fingerprint density at radius 1 is 1.38 bits per heavy atom. The van der Waals surface area contributed by atoms with E-state index in [0.29, 0.717) is 0 Å². The Labute approximate surface area is 85.8 Å². The van der Waals surface area contributed by atoms with Gasteiger partial charge in [0.15, 0.2) is 0 Å². The molecule has 0 bridgehead atoms. The van der Waals surface area contributed by atoms with Crippen LogP contribution in [0.15, 0.2) is 37.0 Å². The van der Waals surface area contributed by atoms with Gasteiger partial charge in [-0.3, -0.25) is 4.31 Å². The summed E-state index contributed by atoms with van der Waals surface area (Å²) in [5.41, 5.74) is 1.21. The Bertz CT molecular complexity index is 164. The molecule has 0 amide bonds. The highest BCUT2D eigenvalue weighted by molar-refractivity contribution is 7.97. The summed E-state index contributed by atoms with van der Waals surface area (Å²) in [6.07, 6.45) is 5.62. The normalized spacial score (nSPS) is 10.4. The van der Waals surface area contributed by atoms with Crippen molar-refractivity contribution in [3.8, 4) is 0 Å². The Morgan fingerprint density at radius 3 is 2.23 bits per heavy atom. The largest absolute Gasteiger partial charge is 0.400 e. The SMILES string of the molecule is C=C/C=C(\C=C)CSN(C)C.CO. The van der Waals surface area contributed by atoms with Gasteiger partial charge in [-0.15, -0.1) is 0 Å². The molecule has 1 N–H and O–H groups in total. The van der Waals surface area contributed by atoms with Gasteiger partial charge < -0.3 is 5.11 Å². The predicted octanol–water partition coefficient (Wildman–Crippen LogP) is 2.10. The standard InChI is InChI=1S/C9H15NS.CH4O/c1-5-7-9(6-2)8-11-10(3)4;1-2/h5-7H,1-2,8H2,3-4H3;2H,1H3/b9-7+;. The first kappa shape index (κ1) is 15.0. The molecule has 0 aliphatic heterocycles. The van der Waals surface area contributed by atoms with E-state index in [1.165, 1.54) is 5.57 Å². The minimum absolute atomic E-state index is 0.961. The molecule has 0 unspecified atom stereocenters. The highest BCUT2D eigenvalue weighted by atomic mass is 32.2. The van der Waals surface area contributed by atoms with Crippen molar-refractivity contribution in [3.05, 3.63) is 37.0 Å². The van der Waals surface area contributed by atoms with Gasteiger partial charge in [0.25, 0.3) is 0 Å². The summed E-state index contributed by atoms with van der Waals surface area (Å²) in [7, 11) is 5.05. The molecular weight excluding hydrogens is 182 g/mol. The van der Waals surface area contributed by atoms with Crippen LogP contribution in [0.5, 0.6) is 0 Å². The van der Waals surface area contributed by atoms with E-state index in [4.69, 9.17) is 5.11 Å². The van der Waals surface area contributed by atoms with Crippen molar-refractivity contribution < 1.29 is 5.11 Å². The molecule has 2 nitrogen and oxygen atoms in total. The van der Waals surface area contributed by atoms with Crippen molar-refractivity contribution in [1.82, 2.24) is 4.31 Å². The summed E-state index contributed by atoms with van der Waals surface area (Å²) in [6.45, 7) is 7.34. The predicted molar refractivity (Wildman–Crippen MR) is 62.8 cm³/mol. The van der Waals surface area contributed by atoms with Crippen molar-refractivity contribution in [2.45, 2.75) is 0 Å². The van der Waals surface area contributed by atoms with Gasteiger partial charge in [0.05, 0.1) is 0 Å². The molecule has 0 heterocycles. The number of hydrogen-bond acceptors (Lipinski definition) is 3. The number of nitrogens with zero attached hydrogens (tertiary/aromatic N) is 1. The van der Waals surface area contributed by atoms with E-state index < -0.39 is 0 Å². The molecular formula is C10H19NOS. The van der Waals surface area contributed by atoms with Crippen LogP contribution < -0.4 is 0 Å². The third-order valence-electron chi connectivity index (χ3n) is 1.08. The summed E-state index contributed by atoms with van der Waals surface area (Å²) in [5.74, 6) is 0.961. The number of aliphatic hydroxyl groups excluding tert-OH is 1. The van der Waals surface area contributed by atoms with Gasteiger partial charge in [0, 0.05) is 12.9 Å². The van der Waals surface area contributed by atoms with Gasteiger partial charge in [-0.25, -0.2) is 0 Å². The quantitative estimate of drug-likeness (QED) is 0.544. The van der Waals surface area contributed by atoms with Gasteiger partial charge in [0.2, 0.25) is 0 Å². The van der Waals surface area contributed by atoms with Crippen LogP contribution in [0.25, 0.3) is 0 Å². The minimum atomic E-state index is 0.961. The highest BCUT2D eigenvalue weighted by Crippen LogP contribution is 2.10. The summed E-state index contributed by atoms with van der Waals surface area (Å²) >= 11 is 1.75. The molecule has 0 radical (unpaired) electrons. The van der Waals surface area contributed by atoms with Crippen LogP contribution in [0, 0.1) is 0 Å². The number of allylic oxidation sites excluding steroid dienone is 3. The fraction of sp³-hybridized carbons (Fsp3) is 0.400. The first-order chi connectivity index (χ1) is 6.20. The zero-order valence-corrected chi connectivity index (χ0v) is 9.47. The minimum Gasteiger partial charge on any atom is -0.400 e. The van der Waals surface area contributed by atoms with Gasteiger partial charge in [-0.2, -0.15) is 0 Å². The Morgan fingerprint density at radius 2 is 1.92 bits per heavy atom. The molecule has 0 aromatic rings. The van der Waals surface area contributed by atoms with E-state index in [9.17, 15) is 0 Å². The summed E-state index contributed by atoms with van der Waals surface area (Å²) in [5, 5.41) is 7.00. The number of aliphatic hydroxyl groups is 1. The maximum Gasteiger partial charge on any atom is 0.0332 e. The van der Waals surface area contributed by atoms with Crippen molar-refractivity contribution in [2.75, 3.05) is 27.0 Å². The van der Waals surface area contributed by atoms with Crippen LogP contribution in [0.4, 0.5) is 0 Å². The second kappa shape index (κ2) is 11.5. The fourth-order valence-electron chi connectivity index (χ4n) is 0.530. The molecule has 0 atom stereocenters. The van der Waals surface area contributed by atoms with E-state index in [0.717, 1.165) is 12.9 Å². The monoisotopic (exact) mass is 201 g/mol. The summed E-state index contributed by atoms with van der Waals surface area (Å²) < 4.78 is 2.07. The average Bonchev–Trinajstić information content (AvgIpc) is 2.15. The fourth-order valence-corrected chi connectivity index (χ4v) is 1.15. The zero-order chi connectivity index (χ0) is 10.7. The number of rotatable bonds is 5. The number of hydrogen-bond donors (Lipinski definition) is 1. The van der Waals surface area contributed by atoms with Gasteiger partial charge in [-0.1, -0.05) is 43.3 Å². The molecule has 0 aliphatic rings. The lowest BCUT2D eigenvalue weighted by Crippen LogP contribution is -2.01. The molecule has 3 heteroatoms. The van der Waals surface area contributed by atoms with Crippen molar-refractivity contribution in [1.29, 1.82) is 0 Å². The van der Waals surface area contributed by atoms with Crippen LogP contribution in [-0.4, -0.2) is 36.4 Å². The first-order valence-corrected chi connectivity index (χ1v) is 4.84. The summed E-state index contributed by atoms with van der Waals surface area (Å²) in [4.78, 5) is 0. The van der Waals surface area contributed by atoms with Crippen molar-refractivity contribution in [3.63, 3.8) is 0 Å². The Kier molecular flexibility index (Phi) is 13.2. The molecule has 76 valence electrons. The van der Waals surface area contributed by atoms with Gasteiger partial charge >= 0.3 is 0 Å². The van der Waals surface area contributed by atoms with Gasteiger partial charge in [-0.05, 0) is 19.7 Å². The lowest BCUT2D eigenvalue weighted by molar-refractivity contribution is 0.399. The van der Waals surface area contributed by atoms with Crippen molar-refractivity contribution in [2.24, 2.45) is 0 Å².